The van der Waals surface area contributed by atoms with E-state index < -0.39 is 18.0 Å². The lowest BCUT2D eigenvalue weighted by Crippen LogP contribution is -2.30. The molecule has 0 bridgehead atoms. The number of rotatable bonds is 16. The van der Waals surface area contributed by atoms with Gasteiger partial charge < -0.3 is 9.84 Å². The van der Waals surface area contributed by atoms with Crippen LogP contribution in [0.5, 0.6) is 0 Å². The molecule has 0 amide bonds. The molecule has 1 aliphatic carbocycles. The summed E-state index contributed by atoms with van der Waals surface area (Å²) in [5.41, 5.74) is 0. The number of carbonyl (C=O) groups is 2. The van der Waals surface area contributed by atoms with E-state index >= 15 is 0 Å². The number of hydrogen-bond acceptors (Lipinski definition) is 3. The molecule has 0 saturated heterocycles. The lowest BCUT2D eigenvalue weighted by atomic mass is 9.98. The third-order valence-electron chi connectivity index (χ3n) is 5.26. The first-order chi connectivity index (χ1) is 12.0. The van der Waals surface area contributed by atoms with E-state index in [1.54, 1.807) is 6.92 Å². The van der Waals surface area contributed by atoms with Gasteiger partial charge >= 0.3 is 11.9 Å². The zero-order valence-electron chi connectivity index (χ0n) is 16.3. The van der Waals surface area contributed by atoms with Gasteiger partial charge in [-0.1, -0.05) is 64.7 Å². The van der Waals surface area contributed by atoms with Crippen molar-refractivity contribution in [2.24, 2.45) is 11.8 Å². The van der Waals surface area contributed by atoms with Crippen LogP contribution in [-0.4, -0.2) is 23.1 Å². The number of carboxylic acid groups (broad SMARTS) is 1. The Kier molecular flexibility index (Phi) is 11.6. The topological polar surface area (TPSA) is 63.6 Å². The standard InChI is InChI=1S/C21H38O4/c1-3-4-5-6-7-8-9-10-13-19(17(2)21(23)24)25-20(22)14-11-12-18-15-16-18/h17-19H,3-16H2,1-2H3,(H,23,24). The summed E-state index contributed by atoms with van der Waals surface area (Å²) in [6, 6.07) is 0. The van der Waals surface area contributed by atoms with Crippen molar-refractivity contribution >= 4 is 11.9 Å². The molecular formula is C21H38O4. The fourth-order valence-corrected chi connectivity index (χ4v) is 3.22. The van der Waals surface area contributed by atoms with E-state index in [2.05, 4.69) is 6.92 Å². The van der Waals surface area contributed by atoms with Crippen molar-refractivity contribution in [1.82, 2.24) is 0 Å². The van der Waals surface area contributed by atoms with E-state index in [1.807, 2.05) is 0 Å². The number of aliphatic carboxylic acids is 1. The highest BCUT2D eigenvalue weighted by Crippen LogP contribution is 2.34. The van der Waals surface area contributed by atoms with Crippen molar-refractivity contribution < 1.29 is 19.4 Å². The Balaban J connectivity index is 2.19. The minimum absolute atomic E-state index is 0.224. The largest absolute Gasteiger partial charge is 0.481 e. The highest BCUT2D eigenvalue weighted by atomic mass is 16.5. The summed E-state index contributed by atoms with van der Waals surface area (Å²) in [7, 11) is 0. The van der Waals surface area contributed by atoms with E-state index in [4.69, 9.17) is 4.74 Å². The minimum Gasteiger partial charge on any atom is -0.481 e. The SMILES string of the molecule is CCCCCCCCCCC(OC(=O)CCCC1CC1)C(C)C(=O)O. The first-order valence-electron chi connectivity index (χ1n) is 10.5. The van der Waals surface area contributed by atoms with Crippen LogP contribution in [0.4, 0.5) is 0 Å². The second kappa shape index (κ2) is 13.2. The van der Waals surface area contributed by atoms with Gasteiger partial charge in [-0.3, -0.25) is 9.59 Å². The zero-order chi connectivity index (χ0) is 18.5. The second-order valence-corrected chi connectivity index (χ2v) is 7.75. The molecule has 0 aromatic heterocycles. The van der Waals surface area contributed by atoms with Crippen LogP contribution in [0.1, 0.15) is 104 Å². The van der Waals surface area contributed by atoms with Crippen LogP contribution >= 0.6 is 0 Å². The first kappa shape index (κ1) is 22.0. The van der Waals surface area contributed by atoms with Crippen molar-refractivity contribution in [2.45, 2.75) is 110 Å². The maximum Gasteiger partial charge on any atom is 0.309 e. The quantitative estimate of drug-likeness (QED) is 0.284. The summed E-state index contributed by atoms with van der Waals surface area (Å²) in [6.07, 6.45) is 14.8. The molecule has 0 heterocycles. The zero-order valence-corrected chi connectivity index (χ0v) is 16.3. The molecule has 0 radical (unpaired) electrons. The predicted molar refractivity (Wildman–Crippen MR) is 100 cm³/mol. The molecule has 1 saturated carbocycles. The Morgan fingerprint density at radius 3 is 2.16 bits per heavy atom. The summed E-state index contributed by atoms with van der Waals surface area (Å²) < 4.78 is 5.52. The summed E-state index contributed by atoms with van der Waals surface area (Å²) in [5.74, 6) is -0.913. The molecule has 2 atom stereocenters. The molecule has 1 N–H and O–H groups in total. The Hall–Kier alpha value is -1.06. The summed E-state index contributed by atoms with van der Waals surface area (Å²) in [5, 5.41) is 9.25. The van der Waals surface area contributed by atoms with Gasteiger partial charge in [-0.2, -0.15) is 0 Å². The lowest BCUT2D eigenvalue weighted by molar-refractivity contribution is -0.158. The van der Waals surface area contributed by atoms with E-state index in [0.29, 0.717) is 12.8 Å². The Morgan fingerprint density at radius 1 is 1.00 bits per heavy atom. The van der Waals surface area contributed by atoms with Crippen LogP contribution in [0, 0.1) is 11.8 Å². The Bertz CT molecular complexity index is 376. The smallest absolute Gasteiger partial charge is 0.309 e. The minimum atomic E-state index is -0.879. The van der Waals surface area contributed by atoms with Crippen LogP contribution in [0.25, 0.3) is 0 Å². The highest BCUT2D eigenvalue weighted by molar-refractivity contribution is 5.72. The lowest BCUT2D eigenvalue weighted by Gasteiger charge is -2.21. The highest BCUT2D eigenvalue weighted by Gasteiger charge is 2.27. The molecule has 146 valence electrons. The number of carboxylic acids is 1. The van der Waals surface area contributed by atoms with Gasteiger partial charge in [-0.25, -0.2) is 0 Å². The third kappa shape index (κ3) is 11.2. The van der Waals surface area contributed by atoms with E-state index in [-0.39, 0.29) is 5.97 Å². The summed E-state index contributed by atoms with van der Waals surface area (Å²) >= 11 is 0. The first-order valence-corrected chi connectivity index (χ1v) is 10.5. The molecule has 0 aromatic carbocycles. The molecule has 0 aliphatic heterocycles. The van der Waals surface area contributed by atoms with Gasteiger partial charge in [-0.15, -0.1) is 0 Å². The van der Waals surface area contributed by atoms with Crippen molar-refractivity contribution in [3.05, 3.63) is 0 Å². The number of carbonyl (C=O) groups excluding carboxylic acids is 1. The van der Waals surface area contributed by atoms with Gasteiger partial charge in [0.25, 0.3) is 0 Å². The Morgan fingerprint density at radius 2 is 1.60 bits per heavy atom. The van der Waals surface area contributed by atoms with E-state index in [0.717, 1.165) is 31.6 Å². The molecule has 0 spiro atoms. The van der Waals surface area contributed by atoms with Gasteiger partial charge in [0, 0.05) is 6.42 Å². The van der Waals surface area contributed by atoms with Gasteiger partial charge in [0.1, 0.15) is 6.10 Å². The molecule has 25 heavy (non-hydrogen) atoms. The monoisotopic (exact) mass is 354 g/mol. The number of ether oxygens (including phenoxy) is 1. The molecule has 1 fully saturated rings. The molecule has 2 unspecified atom stereocenters. The van der Waals surface area contributed by atoms with Crippen molar-refractivity contribution in [1.29, 1.82) is 0 Å². The van der Waals surface area contributed by atoms with Crippen molar-refractivity contribution in [2.75, 3.05) is 0 Å². The van der Waals surface area contributed by atoms with Crippen LogP contribution in [-0.2, 0) is 14.3 Å². The van der Waals surface area contributed by atoms with Crippen LogP contribution in [0.15, 0.2) is 0 Å². The fourth-order valence-electron chi connectivity index (χ4n) is 3.22. The van der Waals surface area contributed by atoms with Crippen molar-refractivity contribution in [3.63, 3.8) is 0 Å². The normalized spacial score (nSPS) is 16.4. The van der Waals surface area contributed by atoms with Crippen LogP contribution in [0.2, 0.25) is 0 Å². The van der Waals surface area contributed by atoms with Gasteiger partial charge in [0.2, 0.25) is 0 Å². The number of unbranched alkanes of at least 4 members (excludes halogenated alkanes) is 7. The molecule has 4 nitrogen and oxygen atoms in total. The molecule has 1 aliphatic rings. The van der Waals surface area contributed by atoms with Crippen LogP contribution < -0.4 is 0 Å². The molecule has 1 rings (SSSR count). The van der Waals surface area contributed by atoms with Crippen molar-refractivity contribution in [3.8, 4) is 0 Å². The Labute approximate surface area is 153 Å². The molecule has 4 heteroatoms. The summed E-state index contributed by atoms with van der Waals surface area (Å²) in [6.45, 7) is 3.87. The number of esters is 1. The molecule has 0 aromatic rings. The third-order valence-corrected chi connectivity index (χ3v) is 5.26. The second-order valence-electron chi connectivity index (χ2n) is 7.75. The fraction of sp³-hybridized carbons (Fsp3) is 0.905. The van der Waals surface area contributed by atoms with E-state index in [9.17, 15) is 14.7 Å². The predicted octanol–water partition coefficient (Wildman–Crippen LogP) is 5.73. The average Bonchev–Trinajstić information content (AvgIpc) is 3.39. The van der Waals surface area contributed by atoms with Gasteiger partial charge in [-0.05, 0) is 38.5 Å². The maximum absolute atomic E-state index is 12.0. The average molecular weight is 355 g/mol. The van der Waals surface area contributed by atoms with Crippen LogP contribution in [0.3, 0.4) is 0 Å². The van der Waals surface area contributed by atoms with Gasteiger partial charge in [0.05, 0.1) is 5.92 Å². The van der Waals surface area contributed by atoms with Gasteiger partial charge in [0.15, 0.2) is 0 Å². The summed E-state index contributed by atoms with van der Waals surface area (Å²) in [4.78, 5) is 23.3. The van der Waals surface area contributed by atoms with E-state index in [1.165, 1.54) is 51.4 Å². The maximum atomic E-state index is 12.0. The number of hydrogen-bond donors (Lipinski definition) is 1. The molecular weight excluding hydrogens is 316 g/mol.